The molecule has 1 aliphatic carbocycles. The zero-order valence-corrected chi connectivity index (χ0v) is 30.1. The van der Waals surface area contributed by atoms with Crippen LogP contribution in [0.3, 0.4) is 0 Å². The lowest BCUT2D eigenvalue weighted by molar-refractivity contribution is -0.144. The van der Waals surface area contributed by atoms with E-state index in [0.29, 0.717) is 37.2 Å². The van der Waals surface area contributed by atoms with Crippen LogP contribution in [0.25, 0.3) is 21.6 Å². The summed E-state index contributed by atoms with van der Waals surface area (Å²) >= 11 is 1.55. The van der Waals surface area contributed by atoms with Gasteiger partial charge in [0.05, 0.1) is 24.0 Å². The molecule has 49 heavy (non-hydrogen) atoms. The molecule has 0 unspecified atom stereocenters. The Kier molecular flexibility index (Phi) is 14.0. The Bertz CT molecular complexity index is 1710. The van der Waals surface area contributed by atoms with Crippen LogP contribution < -0.4 is 15.5 Å². The van der Waals surface area contributed by atoms with E-state index in [4.69, 9.17) is 4.74 Å². The minimum Gasteiger partial charge on any atom is -0.497 e. The van der Waals surface area contributed by atoms with Gasteiger partial charge in [-0.05, 0) is 56.6 Å². The number of allylic oxidation sites excluding steroid dienone is 1. The molecule has 3 aromatic rings. The predicted molar refractivity (Wildman–Crippen MR) is 195 cm³/mol. The van der Waals surface area contributed by atoms with E-state index < -0.39 is 17.6 Å². The summed E-state index contributed by atoms with van der Waals surface area (Å²) < 4.78 is 5.21. The van der Waals surface area contributed by atoms with E-state index in [0.717, 1.165) is 53.3 Å². The second kappa shape index (κ2) is 17.7. The van der Waals surface area contributed by atoms with Gasteiger partial charge in [0.1, 0.15) is 22.3 Å². The Hall–Kier alpha value is -4.63. The minimum atomic E-state index is -1.19. The van der Waals surface area contributed by atoms with Gasteiger partial charge >= 0.3 is 12.0 Å². The van der Waals surface area contributed by atoms with Crippen LogP contribution in [-0.2, 0) is 9.59 Å². The van der Waals surface area contributed by atoms with Gasteiger partial charge in [-0.1, -0.05) is 39.8 Å². The molecule has 2 aromatic heterocycles. The molecule has 2 aliphatic heterocycles. The van der Waals surface area contributed by atoms with E-state index in [2.05, 4.69) is 42.0 Å². The Labute approximate surface area is 292 Å². The van der Waals surface area contributed by atoms with Crippen LogP contribution in [0.4, 0.5) is 4.79 Å². The van der Waals surface area contributed by atoms with E-state index in [1.54, 1.807) is 53.5 Å². The van der Waals surface area contributed by atoms with Gasteiger partial charge in [0.15, 0.2) is 5.43 Å². The highest BCUT2D eigenvalue weighted by Crippen LogP contribution is 2.45. The number of carbonyl (C=O) groups is 3. The number of hydrogen-bond donors (Lipinski definition) is 3. The fourth-order valence-corrected chi connectivity index (χ4v) is 6.82. The van der Waals surface area contributed by atoms with Crippen LogP contribution in [0.2, 0.25) is 0 Å². The molecule has 3 atom stereocenters. The zero-order chi connectivity index (χ0) is 36.3. The average molecular weight is 692 g/mol. The molecule has 3 amide bonds. The van der Waals surface area contributed by atoms with Crippen molar-refractivity contribution in [3.05, 3.63) is 57.7 Å². The van der Waals surface area contributed by atoms with Crippen LogP contribution in [-0.4, -0.2) is 81.6 Å². The van der Waals surface area contributed by atoms with Gasteiger partial charge in [0.2, 0.25) is 5.91 Å². The minimum absolute atomic E-state index is 0.0114. The molecule has 0 spiro atoms. The standard InChI is InChI=1S/C17H25N3O4.C16H16N2O2S.C2H6.C2H2/c1-19-9-5-3-2-4-7-12-11-17(12,15(22)23)18-14(21)13-8-6-10-20(13)16(19)24;1-9(2)14-8-21-16(18-14)13-7-15(19)11-5-4-10(20-3)6-12(11)17-13;2*1-2/h4,7,12-13H,2-3,5-6,8-11H2,1H3,(H,18,21)(H,22,23);4-9H,1-3H3,(H,17,19);1-2H3;1-2H/b7-4-;;;/t12-,13+,17-;;;/m1.../s1. The maximum atomic E-state index is 12.7. The van der Waals surface area contributed by atoms with Crippen molar-refractivity contribution in [3.8, 4) is 29.3 Å². The van der Waals surface area contributed by atoms with Crippen molar-refractivity contribution >= 4 is 40.1 Å². The molecule has 3 aliphatic rings. The highest BCUT2D eigenvalue weighted by Gasteiger charge is 2.61. The van der Waals surface area contributed by atoms with E-state index in [1.165, 1.54) is 0 Å². The van der Waals surface area contributed by atoms with Gasteiger partial charge in [-0.3, -0.25) is 9.59 Å². The van der Waals surface area contributed by atoms with Crippen LogP contribution in [0.5, 0.6) is 5.75 Å². The summed E-state index contributed by atoms with van der Waals surface area (Å²) in [5, 5.41) is 15.8. The highest BCUT2D eigenvalue weighted by atomic mass is 32.1. The number of carbonyl (C=O) groups excluding carboxylic acids is 2. The van der Waals surface area contributed by atoms with Crippen molar-refractivity contribution in [3.63, 3.8) is 0 Å². The second-order valence-electron chi connectivity index (χ2n) is 12.2. The van der Waals surface area contributed by atoms with Crippen LogP contribution in [0.15, 0.2) is 46.6 Å². The number of rotatable bonds is 4. The van der Waals surface area contributed by atoms with Crippen molar-refractivity contribution in [2.24, 2.45) is 5.92 Å². The lowest BCUT2D eigenvalue weighted by atomic mass is 10.1. The van der Waals surface area contributed by atoms with Crippen molar-refractivity contribution in [2.75, 3.05) is 27.2 Å². The predicted octanol–water partition coefficient (Wildman–Crippen LogP) is 6.26. The summed E-state index contributed by atoms with van der Waals surface area (Å²) in [6.45, 7) is 9.42. The highest BCUT2D eigenvalue weighted by molar-refractivity contribution is 7.13. The maximum Gasteiger partial charge on any atom is 0.330 e. The number of hydrogen-bond acceptors (Lipinski definition) is 7. The first-order valence-corrected chi connectivity index (χ1v) is 17.7. The smallest absolute Gasteiger partial charge is 0.330 e. The van der Waals surface area contributed by atoms with Gasteiger partial charge in [0.25, 0.3) is 0 Å². The first-order valence-electron chi connectivity index (χ1n) is 16.8. The van der Waals surface area contributed by atoms with Crippen molar-refractivity contribution in [2.45, 2.75) is 83.7 Å². The maximum absolute atomic E-state index is 12.7. The molecule has 1 saturated heterocycles. The zero-order valence-electron chi connectivity index (χ0n) is 29.3. The number of H-pyrrole nitrogens is 1. The molecule has 11 nitrogen and oxygen atoms in total. The number of carboxylic acid groups (broad SMARTS) is 1. The van der Waals surface area contributed by atoms with Crippen LogP contribution >= 0.6 is 11.3 Å². The topological polar surface area (TPSA) is 145 Å². The van der Waals surface area contributed by atoms with Crippen molar-refractivity contribution < 1.29 is 24.2 Å². The van der Waals surface area contributed by atoms with Gasteiger partial charge in [0, 0.05) is 49.0 Å². The first kappa shape index (κ1) is 38.8. The molecule has 3 N–H and O–H groups in total. The third kappa shape index (κ3) is 9.09. The molecule has 4 heterocycles. The van der Waals surface area contributed by atoms with Crippen molar-refractivity contribution in [1.29, 1.82) is 0 Å². The molecular weight excluding hydrogens is 643 g/mol. The van der Waals surface area contributed by atoms with Gasteiger partial charge in [-0.15, -0.1) is 24.2 Å². The number of aliphatic carboxylic acids is 1. The number of fused-ring (bicyclic) bond motifs is 3. The van der Waals surface area contributed by atoms with Crippen molar-refractivity contribution in [1.82, 2.24) is 25.1 Å². The molecule has 6 rings (SSSR count). The number of methoxy groups -OCH3 is 1. The van der Waals surface area contributed by atoms with Gasteiger partial charge < -0.3 is 29.9 Å². The lowest BCUT2D eigenvalue weighted by Crippen LogP contribution is -2.54. The number of pyridine rings is 1. The number of nitrogens with zero attached hydrogens (tertiary/aromatic N) is 3. The number of ether oxygens (including phenoxy) is 1. The number of thiazole rings is 1. The second-order valence-corrected chi connectivity index (χ2v) is 13.1. The summed E-state index contributed by atoms with van der Waals surface area (Å²) in [5.74, 6) is -0.398. The third-order valence-corrected chi connectivity index (χ3v) is 9.63. The van der Waals surface area contributed by atoms with E-state index in [-0.39, 0.29) is 23.3 Å². The van der Waals surface area contributed by atoms with Gasteiger partial charge in [-0.25, -0.2) is 14.6 Å². The molecule has 2 fully saturated rings. The number of amides is 3. The molecule has 1 saturated carbocycles. The van der Waals surface area contributed by atoms with E-state index >= 15 is 0 Å². The molecule has 12 heteroatoms. The summed E-state index contributed by atoms with van der Waals surface area (Å²) in [6, 6.07) is 6.30. The number of aromatic nitrogens is 2. The number of nitrogens with one attached hydrogen (secondary N) is 2. The number of benzene rings is 1. The summed E-state index contributed by atoms with van der Waals surface area (Å²) in [5.41, 5.74) is 1.35. The first-order chi connectivity index (χ1) is 23.5. The molecule has 0 bridgehead atoms. The Morgan fingerprint density at radius 1 is 1.12 bits per heavy atom. The number of urea groups is 1. The SMILES string of the molecule is C#C.CC.CN1CCCC/C=C\[C@@H]2C[C@@]2(C(=O)O)NC(=O)[C@@H]2CCCN2C1=O.COc1ccc2c(=O)cc(-c3nc(C(C)C)cs3)[nH]c2c1. The average Bonchev–Trinajstić information content (AvgIpc) is 3.43. The fraction of sp³-hybridized carbons (Fsp3) is 0.486. The molecule has 0 radical (unpaired) electrons. The lowest BCUT2D eigenvalue weighted by Gasteiger charge is -2.30. The normalized spacial score (nSPS) is 22.4. The monoisotopic (exact) mass is 691 g/mol. The Morgan fingerprint density at radius 2 is 1.86 bits per heavy atom. The van der Waals surface area contributed by atoms with Crippen LogP contribution in [0.1, 0.15) is 77.8 Å². The Balaban J connectivity index is 0.000000243. The van der Waals surface area contributed by atoms with E-state index in [9.17, 15) is 24.3 Å². The number of aromatic amines is 1. The summed E-state index contributed by atoms with van der Waals surface area (Å²) in [6.07, 6.45) is 16.4. The summed E-state index contributed by atoms with van der Waals surface area (Å²) in [4.78, 5) is 60.3. The molecule has 264 valence electrons. The van der Waals surface area contributed by atoms with E-state index in [1.807, 2.05) is 37.4 Å². The molecular formula is C37H49N5O6S. The Morgan fingerprint density at radius 3 is 2.51 bits per heavy atom. The number of carboxylic acids is 1. The fourth-order valence-electron chi connectivity index (χ4n) is 5.87. The summed E-state index contributed by atoms with van der Waals surface area (Å²) in [7, 11) is 3.37. The largest absolute Gasteiger partial charge is 0.497 e. The number of terminal acetylenes is 1. The van der Waals surface area contributed by atoms with Gasteiger partial charge in [-0.2, -0.15) is 0 Å². The third-order valence-electron chi connectivity index (χ3n) is 8.73. The van der Waals surface area contributed by atoms with Crippen LogP contribution in [0, 0.1) is 18.8 Å². The quantitative estimate of drug-likeness (QED) is 0.216. The molecule has 1 aromatic carbocycles.